The number of nitrogens with zero attached hydrogens (tertiary/aromatic N) is 3. The number of aryl methyl sites for hydroxylation is 2. The topological polar surface area (TPSA) is 85.7 Å². The molecule has 0 fully saturated rings. The standard InChI is InChI=1S/C13H14Cl2N4O2/c1-7-12(15)10(19(2)17-7)6-21-11-4-3-8(5-9(11)14)13(16)18-20/h3-5,20H,6H2,1-2H3,(H2,16,18). The number of amidine groups is 1. The third kappa shape index (κ3) is 3.22. The van der Waals surface area contributed by atoms with Crippen molar-refractivity contribution in [1.29, 1.82) is 0 Å². The highest BCUT2D eigenvalue weighted by atomic mass is 35.5. The normalized spacial score (nSPS) is 11.7. The molecule has 0 atom stereocenters. The molecule has 112 valence electrons. The molecule has 3 N–H and O–H groups in total. The number of hydrogen-bond donors (Lipinski definition) is 2. The Morgan fingerprint density at radius 1 is 1.48 bits per heavy atom. The van der Waals surface area contributed by atoms with Gasteiger partial charge >= 0.3 is 0 Å². The van der Waals surface area contributed by atoms with Gasteiger partial charge in [0.1, 0.15) is 12.4 Å². The highest BCUT2D eigenvalue weighted by Crippen LogP contribution is 2.27. The Kier molecular flexibility index (Phi) is 4.59. The average Bonchev–Trinajstić information content (AvgIpc) is 2.70. The van der Waals surface area contributed by atoms with Crippen LogP contribution in [0.5, 0.6) is 5.75 Å². The molecule has 2 aromatic rings. The second-order valence-corrected chi connectivity index (χ2v) is 5.17. The second kappa shape index (κ2) is 6.24. The summed E-state index contributed by atoms with van der Waals surface area (Å²) in [6.45, 7) is 2.06. The zero-order valence-corrected chi connectivity index (χ0v) is 13.0. The SMILES string of the molecule is Cc1nn(C)c(COc2ccc(C(N)=NO)cc2Cl)c1Cl. The molecule has 0 saturated heterocycles. The van der Waals surface area contributed by atoms with Crippen molar-refractivity contribution >= 4 is 29.0 Å². The zero-order valence-electron chi connectivity index (χ0n) is 11.5. The summed E-state index contributed by atoms with van der Waals surface area (Å²) in [7, 11) is 1.79. The van der Waals surface area contributed by atoms with Gasteiger partial charge < -0.3 is 15.7 Å². The van der Waals surface area contributed by atoms with Gasteiger partial charge in [0.2, 0.25) is 0 Å². The van der Waals surface area contributed by atoms with E-state index in [1.54, 1.807) is 29.9 Å². The molecule has 0 aliphatic rings. The Morgan fingerprint density at radius 2 is 2.19 bits per heavy atom. The maximum Gasteiger partial charge on any atom is 0.170 e. The molecule has 0 radical (unpaired) electrons. The minimum absolute atomic E-state index is 0.0197. The first kappa shape index (κ1) is 15.5. The van der Waals surface area contributed by atoms with Crippen molar-refractivity contribution in [3.05, 3.63) is 45.2 Å². The number of halogens is 2. The van der Waals surface area contributed by atoms with Gasteiger partial charge in [0.05, 0.1) is 21.4 Å². The Labute approximate surface area is 131 Å². The van der Waals surface area contributed by atoms with Gasteiger partial charge in [0.15, 0.2) is 5.84 Å². The van der Waals surface area contributed by atoms with Crippen LogP contribution in [0, 0.1) is 6.92 Å². The fraction of sp³-hybridized carbons (Fsp3) is 0.231. The van der Waals surface area contributed by atoms with Gasteiger partial charge in [-0.3, -0.25) is 4.68 Å². The molecule has 1 heterocycles. The predicted octanol–water partition coefficient (Wildman–Crippen LogP) is 2.71. The van der Waals surface area contributed by atoms with Crippen LogP contribution in [-0.2, 0) is 13.7 Å². The van der Waals surface area contributed by atoms with E-state index in [1.807, 2.05) is 6.92 Å². The molecule has 21 heavy (non-hydrogen) atoms. The first-order valence-corrected chi connectivity index (χ1v) is 6.77. The molecule has 8 heteroatoms. The highest BCUT2D eigenvalue weighted by Gasteiger charge is 2.13. The minimum Gasteiger partial charge on any atom is -0.486 e. The summed E-state index contributed by atoms with van der Waals surface area (Å²) in [6.07, 6.45) is 0. The van der Waals surface area contributed by atoms with Crippen LogP contribution in [0.25, 0.3) is 0 Å². The summed E-state index contributed by atoms with van der Waals surface area (Å²) in [5, 5.41) is 16.7. The van der Waals surface area contributed by atoms with E-state index < -0.39 is 0 Å². The lowest BCUT2D eigenvalue weighted by atomic mass is 10.2. The molecule has 1 aromatic heterocycles. The third-order valence-electron chi connectivity index (χ3n) is 2.96. The molecular formula is C13H14Cl2N4O2. The molecule has 0 amide bonds. The lowest BCUT2D eigenvalue weighted by Gasteiger charge is -2.09. The summed E-state index contributed by atoms with van der Waals surface area (Å²) >= 11 is 12.3. The van der Waals surface area contributed by atoms with Gasteiger partial charge in [0, 0.05) is 12.6 Å². The molecule has 0 spiro atoms. The highest BCUT2D eigenvalue weighted by molar-refractivity contribution is 6.32. The van der Waals surface area contributed by atoms with Crippen molar-refractivity contribution in [3.8, 4) is 5.75 Å². The van der Waals surface area contributed by atoms with Gasteiger partial charge in [-0.25, -0.2) is 0 Å². The molecule has 0 saturated carbocycles. The van der Waals surface area contributed by atoms with E-state index in [1.165, 1.54) is 0 Å². The fourth-order valence-corrected chi connectivity index (χ4v) is 2.27. The summed E-state index contributed by atoms with van der Waals surface area (Å²) in [4.78, 5) is 0. The van der Waals surface area contributed by atoms with E-state index in [0.717, 1.165) is 11.4 Å². The van der Waals surface area contributed by atoms with Crippen molar-refractivity contribution in [2.75, 3.05) is 0 Å². The first-order chi connectivity index (χ1) is 9.93. The Morgan fingerprint density at radius 3 is 2.71 bits per heavy atom. The van der Waals surface area contributed by atoms with Crippen molar-refractivity contribution in [3.63, 3.8) is 0 Å². The van der Waals surface area contributed by atoms with Crippen LogP contribution in [0.1, 0.15) is 17.0 Å². The van der Waals surface area contributed by atoms with Crippen LogP contribution in [0.15, 0.2) is 23.4 Å². The predicted molar refractivity (Wildman–Crippen MR) is 81.2 cm³/mol. The van der Waals surface area contributed by atoms with Gasteiger partial charge in [-0.15, -0.1) is 0 Å². The fourth-order valence-electron chi connectivity index (χ4n) is 1.82. The number of aromatic nitrogens is 2. The van der Waals surface area contributed by atoms with Crippen LogP contribution in [0.2, 0.25) is 10.0 Å². The number of nitrogens with two attached hydrogens (primary N) is 1. The van der Waals surface area contributed by atoms with Crippen LogP contribution in [0.3, 0.4) is 0 Å². The van der Waals surface area contributed by atoms with Gasteiger partial charge in [-0.1, -0.05) is 28.4 Å². The average molecular weight is 329 g/mol. The number of rotatable bonds is 4. The molecule has 0 aliphatic heterocycles. The van der Waals surface area contributed by atoms with Crippen LogP contribution < -0.4 is 10.5 Å². The Hall–Kier alpha value is -1.92. The molecular weight excluding hydrogens is 315 g/mol. The van der Waals surface area contributed by atoms with E-state index in [2.05, 4.69) is 10.3 Å². The smallest absolute Gasteiger partial charge is 0.170 e. The third-order valence-corrected chi connectivity index (χ3v) is 3.75. The van der Waals surface area contributed by atoms with Gasteiger partial charge in [-0.2, -0.15) is 5.10 Å². The first-order valence-electron chi connectivity index (χ1n) is 6.02. The zero-order chi connectivity index (χ0) is 15.6. The maximum absolute atomic E-state index is 8.63. The van der Waals surface area contributed by atoms with E-state index in [4.69, 9.17) is 38.9 Å². The maximum atomic E-state index is 8.63. The van der Waals surface area contributed by atoms with E-state index in [0.29, 0.717) is 21.4 Å². The number of hydrogen-bond acceptors (Lipinski definition) is 4. The number of ether oxygens (including phenoxy) is 1. The van der Waals surface area contributed by atoms with Crippen molar-refractivity contribution < 1.29 is 9.94 Å². The summed E-state index contributed by atoms with van der Waals surface area (Å²) in [5.41, 5.74) is 7.49. The monoisotopic (exact) mass is 328 g/mol. The largest absolute Gasteiger partial charge is 0.486 e. The molecule has 0 unspecified atom stereocenters. The van der Waals surface area contributed by atoms with Crippen molar-refractivity contribution in [2.45, 2.75) is 13.5 Å². The lowest BCUT2D eigenvalue weighted by Crippen LogP contribution is -2.13. The molecule has 1 aromatic carbocycles. The Balaban J connectivity index is 2.17. The van der Waals surface area contributed by atoms with Crippen LogP contribution in [0.4, 0.5) is 0 Å². The molecule has 2 rings (SSSR count). The van der Waals surface area contributed by atoms with E-state index >= 15 is 0 Å². The molecule has 0 aliphatic carbocycles. The van der Waals surface area contributed by atoms with Crippen molar-refractivity contribution in [2.24, 2.45) is 17.9 Å². The number of benzene rings is 1. The Bertz CT molecular complexity index is 698. The summed E-state index contributed by atoms with van der Waals surface area (Å²) in [6, 6.07) is 4.85. The summed E-state index contributed by atoms with van der Waals surface area (Å²) in [5.74, 6) is 0.454. The molecule has 0 bridgehead atoms. The number of oxime groups is 1. The lowest BCUT2D eigenvalue weighted by molar-refractivity contribution is 0.295. The quantitative estimate of drug-likeness (QED) is 0.391. The molecule has 6 nitrogen and oxygen atoms in total. The van der Waals surface area contributed by atoms with E-state index in [-0.39, 0.29) is 12.4 Å². The van der Waals surface area contributed by atoms with Crippen LogP contribution in [-0.4, -0.2) is 20.8 Å². The minimum atomic E-state index is -0.0197. The van der Waals surface area contributed by atoms with Crippen molar-refractivity contribution in [1.82, 2.24) is 9.78 Å². The van der Waals surface area contributed by atoms with E-state index in [9.17, 15) is 0 Å². The van der Waals surface area contributed by atoms with Gasteiger partial charge in [-0.05, 0) is 25.1 Å². The summed E-state index contributed by atoms with van der Waals surface area (Å²) < 4.78 is 7.31. The van der Waals surface area contributed by atoms with Crippen LogP contribution >= 0.6 is 23.2 Å². The van der Waals surface area contributed by atoms with Gasteiger partial charge in [0.25, 0.3) is 0 Å². The second-order valence-electron chi connectivity index (χ2n) is 4.39.